The molecule has 63 heavy (non-hydrogen) atoms. The Bertz CT molecular complexity index is 3500. The second-order valence-corrected chi connectivity index (χ2v) is 16.9. The van der Waals surface area contributed by atoms with Crippen molar-refractivity contribution in [3.05, 3.63) is 259 Å². The highest BCUT2D eigenvalue weighted by atomic mass is 15.1. The minimum Gasteiger partial charge on any atom is -0.310 e. The standard InChI is InChI=1S/C62H43N/c1-62(48-25-12-5-13-26-48)56-30-17-16-29-54(56)61-57(62)31-18-32-58(61)63(49-36-35-46-39-45(33-34-47(46)40-49)42-19-6-2-7-20-42)50-37-38-52-51-27-14-15-28-53(51)59(43-21-8-3-9-22-43)60(55(52)41-50)44-23-10-4-11-24-44/h2-41H,1H3. The highest BCUT2D eigenvalue weighted by Crippen LogP contribution is 2.57. The summed E-state index contributed by atoms with van der Waals surface area (Å²) in [6.45, 7) is 2.40. The average Bonchev–Trinajstić information content (AvgIpc) is 3.63. The van der Waals surface area contributed by atoms with Crippen LogP contribution in [0.4, 0.5) is 17.1 Å². The molecule has 296 valence electrons. The van der Waals surface area contributed by atoms with Crippen molar-refractivity contribution in [3.8, 4) is 44.5 Å². The molecule has 0 amide bonds. The van der Waals surface area contributed by atoms with Crippen LogP contribution in [-0.4, -0.2) is 0 Å². The van der Waals surface area contributed by atoms with Crippen molar-refractivity contribution in [3.63, 3.8) is 0 Å². The summed E-state index contributed by atoms with van der Waals surface area (Å²) in [5.74, 6) is 0. The number of hydrogen-bond donors (Lipinski definition) is 0. The molecule has 0 radical (unpaired) electrons. The van der Waals surface area contributed by atoms with Crippen LogP contribution in [0.1, 0.15) is 23.6 Å². The average molecular weight is 802 g/mol. The number of fused-ring (bicyclic) bond motifs is 7. The van der Waals surface area contributed by atoms with Crippen LogP contribution in [0.5, 0.6) is 0 Å². The zero-order valence-electron chi connectivity index (χ0n) is 35.0. The number of benzene rings is 11. The van der Waals surface area contributed by atoms with Crippen LogP contribution in [-0.2, 0) is 5.41 Å². The first-order valence-electron chi connectivity index (χ1n) is 21.9. The van der Waals surface area contributed by atoms with Crippen molar-refractivity contribution in [1.29, 1.82) is 0 Å². The normalized spacial score (nSPS) is 14.2. The van der Waals surface area contributed by atoms with Gasteiger partial charge in [0.2, 0.25) is 0 Å². The van der Waals surface area contributed by atoms with E-state index in [1.165, 1.54) is 93.5 Å². The molecule has 1 heteroatoms. The molecule has 11 aromatic carbocycles. The lowest BCUT2D eigenvalue weighted by molar-refractivity contribution is 0.714. The van der Waals surface area contributed by atoms with Gasteiger partial charge in [0, 0.05) is 22.4 Å². The summed E-state index contributed by atoms with van der Waals surface area (Å²) in [5, 5.41) is 7.36. The number of nitrogens with zero attached hydrogens (tertiary/aromatic N) is 1. The first-order valence-corrected chi connectivity index (χ1v) is 21.9. The van der Waals surface area contributed by atoms with Gasteiger partial charge in [-0.3, -0.25) is 0 Å². The van der Waals surface area contributed by atoms with E-state index in [1.807, 2.05) is 0 Å². The summed E-state index contributed by atoms with van der Waals surface area (Å²) in [6, 6.07) is 89.5. The molecule has 1 atom stereocenters. The minimum atomic E-state index is -0.334. The van der Waals surface area contributed by atoms with Crippen molar-refractivity contribution in [2.45, 2.75) is 12.3 Å². The molecule has 0 fully saturated rings. The lowest BCUT2D eigenvalue weighted by Gasteiger charge is -2.31. The van der Waals surface area contributed by atoms with Crippen LogP contribution in [0.15, 0.2) is 243 Å². The summed E-state index contributed by atoms with van der Waals surface area (Å²) < 4.78 is 0. The third-order valence-corrected chi connectivity index (χ3v) is 13.5. The Morgan fingerprint density at radius 3 is 1.57 bits per heavy atom. The molecule has 11 aromatic rings. The van der Waals surface area contributed by atoms with Gasteiger partial charge in [-0.1, -0.05) is 206 Å². The molecule has 0 saturated heterocycles. The van der Waals surface area contributed by atoms with Crippen molar-refractivity contribution in [1.82, 2.24) is 0 Å². The van der Waals surface area contributed by atoms with Gasteiger partial charge in [-0.2, -0.15) is 0 Å². The zero-order valence-corrected chi connectivity index (χ0v) is 35.0. The van der Waals surface area contributed by atoms with Crippen LogP contribution in [0.25, 0.3) is 76.8 Å². The Kier molecular flexibility index (Phi) is 8.69. The second kappa shape index (κ2) is 14.9. The molecule has 0 aliphatic heterocycles. The third kappa shape index (κ3) is 5.92. The van der Waals surface area contributed by atoms with Gasteiger partial charge in [-0.25, -0.2) is 0 Å². The van der Waals surface area contributed by atoms with Gasteiger partial charge in [-0.15, -0.1) is 0 Å². The van der Waals surface area contributed by atoms with E-state index in [2.05, 4.69) is 254 Å². The predicted molar refractivity (Wildman–Crippen MR) is 267 cm³/mol. The summed E-state index contributed by atoms with van der Waals surface area (Å²) in [7, 11) is 0. The molecule has 1 aliphatic carbocycles. The summed E-state index contributed by atoms with van der Waals surface area (Å²) in [6.07, 6.45) is 0. The van der Waals surface area contributed by atoms with E-state index >= 15 is 0 Å². The molecule has 1 aliphatic rings. The van der Waals surface area contributed by atoms with E-state index in [0.717, 1.165) is 17.1 Å². The van der Waals surface area contributed by atoms with Gasteiger partial charge in [-0.05, 0) is 131 Å². The molecular formula is C62H43N. The van der Waals surface area contributed by atoms with Gasteiger partial charge < -0.3 is 4.90 Å². The molecule has 1 unspecified atom stereocenters. The summed E-state index contributed by atoms with van der Waals surface area (Å²) in [5.41, 5.74) is 16.8. The van der Waals surface area contributed by atoms with Crippen LogP contribution in [0.3, 0.4) is 0 Å². The van der Waals surface area contributed by atoms with E-state index in [9.17, 15) is 0 Å². The molecular weight excluding hydrogens is 759 g/mol. The Balaban J connectivity index is 1.16. The maximum atomic E-state index is 2.52. The Morgan fingerprint density at radius 1 is 0.317 bits per heavy atom. The molecule has 0 bridgehead atoms. The molecule has 12 rings (SSSR count). The quantitative estimate of drug-likeness (QED) is 0.145. The van der Waals surface area contributed by atoms with Gasteiger partial charge in [0.05, 0.1) is 5.69 Å². The zero-order chi connectivity index (χ0) is 41.9. The lowest BCUT2D eigenvalue weighted by atomic mass is 9.74. The SMILES string of the molecule is CC1(c2ccccc2)c2ccccc2-c2c(N(c3ccc4cc(-c5ccccc5)ccc4c3)c3ccc4c(c3)c(-c3ccccc3)c(-c3ccccc3)c3ccccc34)cccc21. The van der Waals surface area contributed by atoms with E-state index in [1.54, 1.807) is 0 Å². The first-order chi connectivity index (χ1) is 31.1. The van der Waals surface area contributed by atoms with Crippen LogP contribution in [0.2, 0.25) is 0 Å². The third-order valence-electron chi connectivity index (χ3n) is 13.5. The Hall–Kier alpha value is -8.00. The fourth-order valence-electron chi connectivity index (χ4n) is 10.5. The highest BCUT2D eigenvalue weighted by Gasteiger charge is 2.42. The van der Waals surface area contributed by atoms with Gasteiger partial charge in [0.1, 0.15) is 0 Å². The molecule has 0 aromatic heterocycles. The van der Waals surface area contributed by atoms with E-state index in [-0.39, 0.29) is 5.41 Å². The second-order valence-electron chi connectivity index (χ2n) is 16.9. The van der Waals surface area contributed by atoms with Gasteiger partial charge in [0.25, 0.3) is 0 Å². The Morgan fingerprint density at radius 2 is 0.841 bits per heavy atom. The maximum Gasteiger partial charge on any atom is 0.0543 e. The molecule has 0 heterocycles. The highest BCUT2D eigenvalue weighted by molar-refractivity contribution is 6.22. The molecule has 0 spiro atoms. The van der Waals surface area contributed by atoms with Crippen molar-refractivity contribution in [2.24, 2.45) is 0 Å². The topological polar surface area (TPSA) is 3.24 Å². The summed E-state index contributed by atoms with van der Waals surface area (Å²) >= 11 is 0. The number of rotatable bonds is 7. The molecule has 0 N–H and O–H groups in total. The first kappa shape index (κ1) is 36.8. The fraction of sp³-hybridized carbons (Fsp3) is 0.0323. The van der Waals surface area contributed by atoms with Gasteiger partial charge in [0.15, 0.2) is 0 Å². The molecule has 1 nitrogen and oxygen atoms in total. The van der Waals surface area contributed by atoms with Crippen molar-refractivity contribution >= 4 is 49.4 Å². The molecule has 0 saturated carbocycles. The van der Waals surface area contributed by atoms with Crippen LogP contribution >= 0.6 is 0 Å². The minimum absolute atomic E-state index is 0.334. The van der Waals surface area contributed by atoms with E-state index < -0.39 is 0 Å². The van der Waals surface area contributed by atoms with Crippen LogP contribution in [0, 0.1) is 0 Å². The van der Waals surface area contributed by atoms with E-state index in [0.29, 0.717) is 0 Å². The largest absolute Gasteiger partial charge is 0.310 e. The predicted octanol–water partition coefficient (Wildman–Crippen LogP) is 17.0. The number of anilines is 3. The van der Waals surface area contributed by atoms with E-state index in [4.69, 9.17) is 0 Å². The van der Waals surface area contributed by atoms with Gasteiger partial charge >= 0.3 is 0 Å². The monoisotopic (exact) mass is 801 g/mol. The smallest absolute Gasteiger partial charge is 0.0543 e. The number of hydrogen-bond acceptors (Lipinski definition) is 1. The fourth-order valence-corrected chi connectivity index (χ4v) is 10.5. The maximum absolute atomic E-state index is 2.52. The lowest BCUT2D eigenvalue weighted by Crippen LogP contribution is -2.22. The van der Waals surface area contributed by atoms with Crippen LogP contribution < -0.4 is 4.90 Å². The van der Waals surface area contributed by atoms with Crippen molar-refractivity contribution < 1.29 is 0 Å². The Labute approximate surface area is 368 Å². The summed E-state index contributed by atoms with van der Waals surface area (Å²) in [4.78, 5) is 2.52. The van der Waals surface area contributed by atoms with Crippen molar-refractivity contribution in [2.75, 3.05) is 4.90 Å².